The monoisotopic (exact) mass is 456 g/mol. The lowest BCUT2D eigenvalue weighted by atomic mass is 10.2. The van der Waals surface area contributed by atoms with Gasteiger partial charge in [0.25, 0.3) is 0 Å². The van der Waals surface area contributed by atoms with Crippen LogP contribution in [0.25, 0.3) is 0 Å². The van der Waals surface area contributed by atoms with Crippen LogP contribution in [0.2, 0.25) is 0 Å². The number of halogens is 4. The minimum Gasteiger partial charge on any atom is -0.478 e. The molecule has 31 heavy (non-hydrogen) atoms. The number of carbonyl (C=O) groups excluding carboxylic acids is 2. The molecule has 1 atom stereocenters. The van der Waals surface area contributed by atoms with E-state index in [1.54, 1.807) is 12.1 Å². The van der Waals surface area contributed by atoms with E-state index in [-0.39, 0.29) is 11.6 Å². The standard InChI is InChI=1S/C20H16F4N2O4S/c1-9(20(29)30)7-15(27)25-11-3-5-12(6-4-11)31-10(2)19(28)26-18-16(23)13(21)8-14(22)17(18)24/h3-8,10H,1-2H3,(H,25,27)(H,26,28)(H,29,30)/b9-7+/t10-/m1/s1. The van der Waals surface area contributed by atoms with Crippen molar-refractivity contribution in [1.82, 2.24) is 0 Å². The van der Waals surface area contributed by atoms with E-state index in [9.17, 15) is 31.9 Å². The molecule has 3 N–H and O–H groups in total. The zero-order valence-electron chi connectivity index (χ0n) is 16.1. The minimum absolute atomic E-state index is 0.0393. The number of anilines is 2. The molecule has 0 radical (unpaired) electrons. The summed E-state index contributed by atoms with van der Waals surface area (Å²) in [6, 6.07) is 6.12. The van der Waals surface area contributed by atoms with Gasteiger partial charge in [-0.25, -0.2) is 22.4 Å². The van der Waals surface area contributed by atoms with E-state index < -0.39 is 52.0 Å². The van der Waals surface area contributed by atoms with Gasteiger partial charge < -0.3 is 15.7 Å². The topological polar surface area (TPSA) is 95.5 Å². The molecule has 2 amide bonds. The molecule has 2 rings (SSSR count). The molecule has 2 aromatic carbocycles. The van der Waals surface area contributed by atoms with Crippen LogP contribution < -0.4 is 10.6 Å². The fraction of sp³-hybridized carbons (Fsp3) is 0.150. The number of carboxylic acids is 1. The maximum atomic E-state index is 13.7. The molecular formula is C20H16F4N2O4S. The van der Waals surface area contributed by atoms with Gasteiger partial charge >= 0.3 is 5.97 Å². The van der Waals surface area contributed by atoms with Crippen LogP contribution in [-0.2, 0) is 14.4 Å². The van der Waals surface area contributed by atoms with E-state index in [0.29, 0.717) is 10.6 Å². The highest BCUT2D eigenvalue weighted by molar-refractivity contribution is 8.00. The highest BCUT2D eigenvalue weighted by atomic mass is 32.2. The number of hydrogen-bond acceptors (Lipinski definition) is 4. The average Bonchev–Trinajstić information content (AvgIpc) is 2.70. The summed E-state index contributed by atoms with van der Waals surface area (Å²) in [5, 5.41) is 12.2. The average molecular weight is 456 g/mol. The second-order valence-electron chi connectivity index (χ2n) is 6.24. The third-order valence-electron chi connectivity index (χ3n) is 3.85. The van der Waals surface area contributed by atoms with Gasteiger partial charge in [-0.05, 0) is 38.1 Å². The minimum atomic E-state index is -1.71. The Balaban J connectivity index is 2.02. The molecule has 0 saturated heterocycles. The highest BCUT2D eigenvalue weighted by Crippen LogP contribution is 2.28. The van der Waals surface area contributed by atoms with E-state index in [1.165, 1.54) is 26.0 Å². The fourth-order valence-electron chi connectivity index (χ4n) is 2.22. The van der Waals surface area contributed by atoms with Crippen LogP contribution >= 0.6 is 11.8 Å². The quantitative estimate of drug-likeness (QED) is 0.250. The summed E-state index contributed by atoms with van der Waals surface area (Å²) in [6.07, 6.45) is 0.922. The van der Waals surface area contributed by atoms with E-state index in [0.717, 1.165) is 17.8 Å². The molecule has 0 heterocycles. The number of carbonyl (C=O) groups is 3. The van der Waals surface area contributed by atoms with E-state index in [4.69, 9.17) is 5.11 Å². The van der Waals surface area contributed by atoms with Crippen LogP contribution in [0.5, 0.6) is 0 Å². The number of rotatable bonds is 7. The van der Waals surface area contributed by atoms with Crippen LogP contribution in [-0.4, -0.2) is 28.1 Å². The molecule has 0 saturated carbocycles. The molecule has 11 heteroatoms. The maximum absolute atomic E-state index is 13.7. The van der Waals surface area contributed by atoms with Crippen molar-refractivity contribution in [2.24, 2.45) is 0 Å². The maximum Gasteiger partial charge on any atom is 0.331 e. The molecule has 6 nitrogen and oxygen atoms in total. The summed E-state index contributed by atoms with van der Waals surface area (Å²) in [5.74, 6) is -9.46. The van der Waals surface area contributed by atoms with E-state index in [1.807, 2.05) is 5.32 Å². The summed E-state index contributed by atoms with van der Waals surface area (Å²) in [5.41, 5.74) is -0.992. The third-order valence-corrected chi connectivity index (χ3v) is 4.96. The molecule has 164 valence electrons. The summed E-state index contributed by atoms with van der Waals surface area (Å²) in [6.45, 7) is 2.69. The number of aliphatic carboxylic acids is 1. The molecule has 0 unspecified atom stereocenters. The van der Waals surface area contributed by atoms with Crippen molar-refractivity contribution in [2.75, 3.05) is 10.6 Å². The fourth-order valence-corrected chi connectivity index (χ4v) is 3.09. The van der Waals surface area contributed by atoms with Gasteiger partial charge in [0, 0.05) is 28.3 Å². The first-order chi connectivity index (χ1) is 14.5. The van der Waals surface area contributed by atoms with Crippen LogP contribution in [0.4, 0.5) is 28.9 Å². The van der Waals surface area contributed by atoms with Crippen LogP contribution in [0, 0.1) is 23.3 Å². The molecule has 0 aliphatic rings. The van der Waals surface area contributed by atoms with Gasteiger partial charge in [-0.1, -0.05) is 0 Å². The Morgan fingerprint density at radius 2 is 1.55 bits per heavy atom. The Labute approximate surface area is 178 Å². The molecule has 0 spiro atoms. The van der Waals surface area contributed by atoms with E-state index >= 15 is 0 Å². The molecule has 0 aliphatic heterocycles. The predicted octanol–water partition coefficient (Wildman–Crippen LogP) is 4.33. The Kier molecular flexibility index (Phi) is 7.81. The van der Waals surface area contributed by atoms with Crippen molar-refractivity contribution >= 4 is 40.9 Å². The van der Waals surface area contributed by atoms with Gasteiger partial charge in [0.05, 0.1) is 5.25 Å². The second-order valence-corrected chi connectivity index (χ2v) is 7.65. The SMILES string of the molecule is C/C(=C\C(=O)Nc1ccc(S[C@H](C)C(=O)Nc2c(F)c(F)cc(F)c2F)cc1)C(=O)O. The normalized spacial score (nSPS) is 12.3. The molecular weight excluding hydrogens is 440 g/mol. The number of benzene rings is 2. The van der Waals surface area contributed by atoms with Gasteiger partial charge in [-0.15, -0.1) is 11.8 Å². The first-order valence-electron chi connectivity index (χ1n) is 8.62. The van der Waals surface area contributed by atoms with E-state index in [2.05, 4.69) is 5.32 Å². The first-order valence-corrected chi connectivity index (χ1v) is 9.50. The van der Waals surface area contributed by atoms with Crippen molar-refractivity contribution in [3.05, 3.63) is 65.2 Å². The Hall–Kier alpha value is -3.34. The van der Waals surface area contributed by atoms with Gasteiger partial charge in [0.15, 0.2) is 23.3 Å². The second kappa shape index (κ2) is 10.1. The molecule has 0 aromatic heterocycles. The lowest BCUT2D eigenvalue weighted by Gasteiger charge is -2.14. The van der Waals surface area contributed by atoms with Crippen LogP contribution in [0.15, 0.2) is 46.9 Å². The van der Waals surface area contributed by atoms with Gasteiger partial charge in [0.1, 0.15) is 5.69 Å². The highest BCUT2D eigenvalue weighted by Gasteiger charge is 2.23. The van der Waals surface area contributed by atoms with Crippen molar-refractivity contribution in [3.63, 3.8) is 0 Å². The smallest absolute Gasteiger partial charge is 0.331 e. The number of thioether (sulfide) groups is 1. The largest absolute Gasteiger partial charge is 0.478 e. The van der Waals surface area contributed by atoms with Crippen molar-refractivity contribution < 1.29 is 37.1 Å². The van der Waals surface area contributed by atoms with Gasteiger partial charge in [-0.3, -0.25) is 9.59 Å². The zero-order valence-corrected chi connectivity index (χ0v) is 17.0. The lowest BCUT2D eigenvalue weighted by molar-refractivity contribution is -0.132. The van der Waals surface area contributed by atoms with Crippen molar-refractivity contribution in [1.29, 1.82) is 0 Å². The number of amides is 2. The lowest BCUT2D eigenvalue weighted by Crippen LogP contribution is -2.24. The van der Waals surface area contributed by atoms with Gasteiger partial charge in [0.2, 0.25) is 11.8 Å². The van der Waals surface area contributed by atoms with Crippen LogP contribution in [0.1, 0.15) is 13.8 Å². The number of nitrogens with one attached hydrogen (secondary N) is 2. The predicted molar refractivity (Wildman–Crippen MR) is 107 cm³/mol. The number of carboxylic acid groups (broad SMARTS) is 1. The molecule has 0 fully saturated rings. The Morgan fingerprint density at radius 3 is 2.06 bits per heavy atom. The summed E-state index contributed by atoms with van der Waals surface area (Å²) >= 11 is 0.986. The third kappa shape index (κ3) is 6.32. The van der Waals surface area contributed by atoms with Crippen molar-refractivity contribution in [2.45, 2.75) is 24.0 Å². The van der Waals surface area contributed by atoms with Crippen LogP contribution in [0.3, 0.4) is 0 Å². The summed E-state index contributed by atoms with van der Waals surface area (Å²) in [7, 11) is 0. The summed E-state index contributed by atoms with van der Waals surface area (Å²) in [4.78, 5) is 35.2. The Bertz CT molecular complexity index is 1030. The molecule has 2 aromatic rings. The first kappa shape index (κ1) is 23.9. The number of hydrogen-bond donors (Lipinski definition) is 3. The molecule has 0 aliphatic carbocycles. The summed E-state index contributed by atoms with van der Waals surface area (Å²) < 4.78 is 53.9. The Morgan fingerprint density at radius 1 is 1.00 bits per heavy atom. The zero-order chi connectivity index (χ0) is 23.3. The van der Waals surface area contributed by atoms with Gasteiger partial charge in [-0.2, -0.15) is 0 Å². The van der Waals surface area contributed by atoms with Crippen molar-refractivity contribution in [3.8, 4) is 0 Å². The molecule has 0 bridgehead atoms.